The molecule has 0 aliphatic carbocycles. The number of hydrogen-bond donors (Lipinski definition) is 6. The van der Waals surface area contributed by atoms with Gasteiger partial charge in [-0.2, -0.15) is 0 Å². The Hall–Kier alpha value is -5.36. The van der Waals surface area contributed by atoms with Gasteiger partial charge >= 0.3 is 11.7 Å². The lowest BCUT2D eigenvalue weighted by molar-refractivity contribution is -0.128. The van der Waals surface area contributed by atoms with Gasteiger partial charge in [-0.15, -0.1) is 12.4 Å². The zero-order chi connectivity index (χ0) is 32.2. The van der Waals surface area contributed by atoms with Crippen LogP contribution in [-0.4, -0.2) is 42.5 Å². The third kappa shape index (κ3) is 10.7. The predicted octanol–water partition coefficient (Wildman–Crippen LogP) is 3.75. The molecule has 4 aromatic rings. The lowest BCUT2D eigenvalue weighted by Crippen LogP contribution is -2.53. The van der Waals surface area contributed by atoms with E-state index in [9.17, 15) is 19.2 Å². The van der Waals surface area contributed by atoms with E-state index in [0.717, 1.165) is 22.1 Å². The molecule has 0 aliphatic rings. The van der Waals surface area contributed by atoms with Crippen molar-refractivity contribution in [2.45, 2.75) is 44.9 Å². The van der Waals surface area contributed by atoms with Crippen molar-refractivity contribution in [3.05, 3.63) is 112 Å². The van der Waals surface area contributed by atoms with Gasteiger partial charge in [0.2, 0.25) is 11.8 Å². The number of alkyl carbamates (subject to hydrolysis) is 1. The number of amides is 3. The molecule has 13 heteroatoms. The smallest absolute Gasteiger partial charge is 0.408 e. The van der Waals surface area contributed by atoms with Crippen molar-refractivity contribution in [2.24, 2.45) is 5.73 Å². The Morgan fingerprint density at radius 1 is 0.891 bits per heavy atom. The first-order chi connectivity index (χ1) is 21.7. The number of hydrogen-bond acceptors (Lipinski definition) is 7. The Morgan fingerprint density at radius 2 is 1.57 bits per heavy atom. The van der Waals surface area contributed by atoms with Gasteiger partial charge in [0, 0.05) is 36.2 Å². The number of nitrogens with two attached hydrogens (primary N) is 1. The summed E-state index contributed by atoms with van der Waals surface area (Å²) in [4.78, 5) is 51.7. The normalized spacial score (nSPS) is 11.8. The van der Waals surface area contributed by atoms with Crippen molar-refractivity contribution < 1.29 is 23.5 Å². The van der Waals surface area contributed by atoms with E-state index in [1.807, 2.05) is 60.7 Å². The van der Waals surface area contributed by atoms with Gasteiger partial charge in [0.25, 0.3) is 0 Å². The maximum Gasteiger partial charge on any atom is 0.408 e. The summed E-state index contributed by atoms with van der Waals surface area (Å²) in [5.74, 6) is -1.32. The highest BCUT2D eigenvalue weighted by Crippen LogP contribution is 2.21. The number of carbonyl (C=O) groups is 3. The van der Waals surface area contributed by atoms with Crippen molar-refractivity contribution in [2.75, 3.05) is 11.9 Å². The molecule has 0 bridgehead atoms. The van der Waals surface area contributed by atoms with Crippen LogP contribution in [0.4, 0.5) is 10.5 Å². The molecule has 242 valence electrons. The van der Waals surface area contributed by atoms with E-state index in [2.05, 4.69) is 21.3 Å². The van der Waals surface area contributed by atoms with Gasteiger partial charge in [-0.1, -0.05) is 60.7 Å². The minimum absolute atomic E-state index is 0. The largest absolute Gasteiger partial charge is 0.445 e. The summed E-state index contributed by atoms with van der Waals surface area (Å²) in [6, 6.07) is 22.5. The van der Waals surface area contributed by atoms with Crippen LogP contribution in [0.25, 0.3) is 11.0 Å². The molecule has 0 spiro atoms. The van der Waals surface area contributed by atoms with Crippen LogP contribution < -0.4 is 32.6 Å². The van der Waals surface area contributed by atoms with Crippen LogP contribution in [0.3, 0.4) is 0 Å². The molecule has 0 saturated heterocycles. The van der Waals surface area contributed by atoms with Crippen molar-refractivity contribution >= 4 is 52.9 Å². The molecule has 12 nitrogen and oxygen atoms in total. The fourth-order valence-corrected chi connectivity index (χ4v) is 4.67. The van der Waals surface area contributed by atoms with Crippen LogP contribution in [0.5, 0.6) is 0 Å². The number of benzene rings is 3. The zero-order valence-electron chi connectivity index (χ0n) is 25.2. The summed E-state index contributed by atoms with van der Waals surface area (Å²) in [5, 5.41) is 19.0. The molecule has 1 aromatic heterocycles. The molecule has 3 aromatic carbocycles. The molecule has 3 amide bonds. The van der Waals surface area contributed by atoms with Crippen molar-refractivity contribution in [1.82, 2.24) is 16.0 Å². The average Bonchev–Trinajstić information content (AvgIpc) is 3.01. The lowest BCUT2D eigenvalue weighted by atomic mass is 10.0. The highest BCUT2D eigenvalue weighted by Gasteiger charge is 2.27. The molecule has 0 radical (unpaired) electrons. The Bertz CT molecular complexity index is 1700. The number of ether oxygens (including phenoxy) is 1. The fourth-order valence-electron chi connectivity index (χ4n) is 4.67. The molecular formula is C33H37ClN6O6. The molecule has 1 heterocycles. The first-order valence-electron chi connectivity index (χ1n) is 14.4. The Kier molecular flexibility index (Phi) is 13.1. The van der Waals surface area contributed by atoms with Gasteiger partial charge in [0.05, 0.1) is 0 Å². The number of aryl methyl sites for hydroxylation is 1. The van der Waals surface area contributed by atoms with Gasteiger partial charge < -0.3 is 36.2 Å². The van der Waals surface area contributed by atoms with Gasteiger partial charge in [-0.3, -0.25) is 15.0 Å². The first kappa shape index (κ1) is 35.1. The van der Waals surface area contributed by atoms with Crippen molar-refractivity contribution in [3.8, 4) is 0 Å². The van der Waals surface area contributed by atoms with Gasteiger partial charge in [0.15, 0.2) is 5.96 Å². The predicted molar refractivity (Wildman–Crippen MR) is 178 cm³/mol. The number of rotatable bonds is 13. The third-order valence-corrected chi connectivity index (χ3v) is 6.94. The lowest BCUT2D eigenvalue weighted by Gasteiger charge is -2.23. The molecule has 2 atom stereocenters. The standard InChI is InChI=1S/C33H36N6O6.ClH/c1-21-17-29(40)45-28-19-24(14-15-25(21)28)37-30(41)26(13-8-16-36-32(34)35)38-31(42)27(18-22-9-4-2-5-10-22)39-33(43)44-20-23-11-6-3-7-12-23;/h2-7,9-12,14-15,17,19,26-27H,8,13,16,18,20H2,1H3,(H,37,41)(H,38,42)(H,39,43)(H4,34,35,36);1H/t26-,27-;/m0./s1. The maximum absolute atomic E-state index is 13.6. The number of anilines is 1. The Morgan fingerprint density at radius 3 is 2.24 bits per heavy atom. The van der Waals surface area contributed by atoms with E-state index in [1.165, 1.54) is 6.07 Å². The topological polar surface area (TPSA) is 189 Å². The second-order valence-corrected chi connectivity index (χ2v) is 10.4. The van der Waals surface area contributed by atoms with Gasteiger partial charge in [-0.25, -0.2) is 9.59 Å². The number of carbonyl (C=O) groups excluding carboxylic acids is 3. The molecule has 0 fully saturated rings. The fraction of sp³-hybridized carbons (Fsp3) is 0.242. The van der Waals surface area contributed by atoms with Crippen LogP contribution in [-0.2, 0) is 27.4 Å². The highest BCUT2D eigenvalue weighted by molar-refractivity contribution is 5.99. The molecular weight excluding hydrogens is 612 g/mol. The quantitative estimate of drug-likeness (QED) is 0.0547. The first-order valence-corrected chi connectivity index (χ1v) is 14.4. The highest BCUT2D eigenvalue weighted by atomic mass is 35.5. The molecule has 0 saturated carbocycles. The monoisotopic (exact) mass is 648 g/mol. The van der Waals surface area contributed by atoms with Gasteiger partial charge in [-0.05, 0) is 48.6 Å². The summed E-state index contributed by atoms with van der Waals surface area (Å²) in [6.07, 6.45) is -0.0545. The van der Waals surface area contributed by atoms with Crippen LogP contribution in [0, 0.1) is 12.3 Å². The second kappa shape index (κ2) is 17.2. The number of nitrogens with one attached hydrogen (secondary N) is 5. The summed E-state index contributed by atoms with van der Waals surface area (Å²) >= 11 is 0. The van der Waals surface area contributed by atoms with E-state index in [1.54, 1.807) is 25.1 Å². The van der Waals surface area contributed by atoms with E-state index in [4.69, 9.17) is 20.3 Å². The Labute approximate surface area is 272 Å². The SMILES string of the molecule is Cc1cc(=O)oc2cc(NC(=O)[C@H](CCCNC(=N)N)NC(=O)[C@H](Cc3ccccc3)NC(=O)OCc3ccccc3)ccc12.Cl. The van der Waals surface area contributed by atoms with E-state index in [-0.39, 0.29) is 37.8 Å². The second-order valence-electron chi connectivity index (χ2n) is 10.4. The number of halogens is 1. The Balaban J connectivity index is 0.00000576. The summed E-state index contributed by atoms with van der Waals surface area (Å²) in [7, 11) is 0. The van der Waals surface area contributed by atoms with Crippen molar-refractivity contribution in [1.29, 1.82) is 5.41 Å². The van der Waals surface area contributed by atoms with Crippen molar-refractivity contribution in [3.63, 3.8) is 0 Å². The van der Waals surface area contributed by atoms with E-state index in [0.29, 0.717) is 24.2 Å². The van der Waals surface area contributed by atoms with Crippen LogP contribution in [0.2, 0.25) is 0 Å². The summed E-state index contributed by atoms with van der Waals surface area (Å²) in [6.45, 7) is 2.11. The molecule has 0 unspecified atom stereocenters. The van der Waals surface area contributed by atoms with Crippen LogP contribution in [0.1, 0.15) is 29.5 Å². The average molecular weight is 649 g/mol. The van der Waals surface area contributed by atoms with Crippen LogP contribution >= 0.6 is 12.4 Å². The van der Waals surface area contributed by atoms with Crippen LogP contribution in [0.15, 0.2) is 94.1 Å². The summed E-state index contributed by atoms with van der Waals surface area (Å²) in [5.41, 5.74) is 7.87. The third-order valence-electron chi connectivity index (χ3n) is 6.94. The minimum atomic E-state index is -1.06. The van der Waals surface area contributed by atoms with E-state index < -0.39 is 35.6 Å². The molecule has 7 N–H and O–H groups in total. The molecule has 0 aliphatic heterocycles. The number of fused-ring (bicyclic) bond motifs is 1. The minimum Gasteiger partial charge on any atom is -0.445 e. The van der Waals surface area contributed by atoms with E-state index >= 15 is 0 Å². The zero-order valence-corrected chi connectivity index (χ0v) is 26.0. The summed E-state index contributed by atoms with van der Waals surface area (Å²) < 4.78 is 10.6. The maximum atomic E-state index is 13.6. The molecule has 46 heavy (non-hydrogen) atoms. The number of guanidine groups is 1. The van der Waals surface area contributed by atoms with Gasteiger partial charge in [0.1, 0.15) is 24.3 Å². The molecule has 4 rings (SSSR count).